The molecular formula is C15H24N2O. The number of likely N-dealkylation sites (N-methyl/N-ethyl adjacent to an activating group) is 1. The van der Waals surface area contributed by atoms with Crippen LogP contribution in [0.5, 0.6) is 0 Å². The maximum atomic E-state index is 11.6. The predicted molar refractivity (Wildman–Crippen MR) is 75.7 cm³/mol. The minimum Gasteiger partial charge on any atom is -0.355 e. The lowest BCUT2D eigenvalue weighted by atomic mass is 10.0. The molecule has 0 saturated carbocycles. The molecule has 0 spiro atoms. The Balaban J connectivity index is 2.35. The molecule has 0 bridgehead atoms. The van der Waals surface area contributed by atoms with Gasteiger partial charge in [-0.25, -0.2) is 0 Å². The number of unbranched alkanes of at least 4 members (excludes halogenated alkanes) is 1. The quantitative estimate of drug-likeness (QED) is 0.690. The maximum absolute atomic E-state index is 11.6. The molecule has 0 aliphatic carbocycles. The van der Waals surface area contributed by atoms with Gasteiger partial charge < -0.3 is 10.6 Å². The average molecular weight is 248 g/mol. The van der Waals surface area contributed by atoms with Crippen LogP contribution < -0.4 is 10.6 Å². The van der Waals surface area contributed by atoms with Gasteiger partial charge in [-0.1, -0.05) is 37.6 Å². The molecular weight excluding hydrogens is 224 g/mol. The topological polar surface area (TPSA) is 41.1 Å². The summed E-state index contributed by atoms with van der Waals surface area (Å²) in [5.74, 6) is 0.0894. The normalized spacial score (nSPS) is 10.3. The Labute approximate surface area is 110 Å². The smallest absolute Gasteiger partial charge is 0.224 e. The molecule has 0 aliphatic rings. The van der Waals surface area contributed by atoms with E-state index in [1.807, 2.05) is 7.05 Å². The van der Waals surface area contributed by atoms with Gasteiger partial charge >= 0.3 is 0 Å². The highest BCUT2D eigenvalue weighted by molar-refractivity contribution is 5.78. The first-order valence-electron chi connectivity index (χ1n) is 6.75. The Hall–Kier alpha value is -1.35. The Morgan fingerprint density at radius 1 is 1.11 bits per heavy atom. The lowest BCUT2D eigenvalue weighted by molar-refractivity contribution is -0.120. The first kappa shape index (κ1) is 14.7. The van der Waals surface area contributed by atoms with E-state index in [1.165, 1.54) is 18.4 Å². The Morgan fingerprint density at radius 2 is 1.78 bits per heavy atom. The summed E-state index contributed by atoms with van der Waals surface area (Å²) in [7, 11) is 1.88. The third-order valence-electron chi connectivity index (χ3n) is 2.90. The zero-order valence-corrected chi connectivity index (χ0v) is 11.5. The maximum Gasteiger partial charge on any atom is 0.224 e. The van der Waals surface area contributed by atoms with Gasteiger partial charge in [0, 0.05) is 13.1 Å². The largest absolute Gasteiger partial charge is 0.355 e. The average Bonchev–Trinajstić information content (AvgIpc) is 2.38. The SMILES string of the molecule is CCCCc1ccc(CC(=O)NCCNC)cc1. The molecule has 1 aromatic rings. The van der Waals surface area contributed by atoms with Crippen molar-refractivity contribution in [3.63, 3.8) is 0 Å². The summed E-state index contributed by atoms with van der Waals surface area (Å²) in [4.78, 5) is 11.6. The van der Waals surface area contributed by atoms with E-state index in [0.717, 1.165) is 18.5 Å². The van der Waals surface area contributed by atoms with Gasteiger partial charge in [0.15, 0.2) is 0 Å². The predicted octanol–water partition coefficient (Wildman–Crippen LogP) is 1.91. The lowest BCUT2D eigenvalue weighted by Crippen LogP contribution is -2.31. The Morgan fingerprint density at radius 3 is 2.39 bits per heavy atom. The van der Waals surface area contributed by atoms with Gasteiger partial charge in [-0.2, -0.15) is 0 Å². The number of aryl methyl sites for hydroxylation is 1. The van der Waals surface area contributed by atoms with E-state index in [9.17, 15) is 4.79 Å². The van der Waals surface area contributed by atoms with E-state index >= 15 is 0 Å². The van der Waals surface area contributed by atoms with Crippen LogP contribution in [0.15, 0.2) is 24.3 Å². The van der Waals surface area contributed by atoms with Gasteiger partial charge in [0.25, 0.3) is 0 Å². The second-order valence-corrected chi connectivity index (χ2v) is 4.55. The first-order chi connectivity index (χ1) is 8.76. The highest BCUT2D eigenvalue weighted by Crippen LogP contribution is 2.08. The zero-order valence-electron chi connectivity index (χ0n) is 11.5. The van der Waals surface area contributed by atoms with E-state index in [1.54, 1.807) is 0 Å². The van der Waals surface area contributed by atoms with Crippen molar-refractivity contribution < 1.29 is 4.79 Å². The number of nitrogens with one attached hydrogen (secondary N) is 2. The van der Waals surface area contributed by atoms with Crippen LogP contribution in [0.1, 0.15) is 30.9 Å². The number of rotatable bonds is 8. The number of carbonyl (C=O) groups is 1. The van der Waals surface area contributed by atoms with Gasteiger partial charge in [0.1, 0.15) is 0 Å². The van der Waals surface area contributed by atoms with Crippen LogP contribution >= 0.6 is 0 Å². The molecule has 3 nitrogen and oxygen atoms in total. The van der Waals surface area contributed by atoms with Crippen LogP contribution in [0.4, 0.5) is 0 Å². The summed E-state index contributed by atoms with van der Waals surface area (Å²) >= 11 is 0. The van der Waals surface area contributed by atoms with Gasteiger partial charge in [-0.3, -0.25) is 4.79 Å². The summed E-state index contributed by atoms with van der Waals surface area (Å²) in [5.41, 5.74) is 2.44. The van der Waals surface area contributed by atoms with Crippen LogP contribution in [0.3, 0.4) is 0 Å². The number of benzene rings is 1. The molecule has 2 N–H and O–H groups in total. The van der Waals surface area contributed by atoms with Crippen LogP contribution in [0.2, 0.25) is 0 Å². The highest BCUT2D eigenvalue weighted by atomic mass is 16.1. The fourth-order valence-corrected chi connectivity index (χ4v) is 1.78. The molecule has 0 saturated heterocycles. The minimum absolute atomic E-state index is 0.0894. The number of amides is 1. The second kappa shape index (κ2) is 8.70. The first-order valence-corrected chi connectivity index (χ1v) is 6.75. The molecule has 1 aromatic carbocycles. The Kier molecular flexibility index (Phi) is 7.11. The van der Waals surface area contributed by atoms with E-state index in [4.69, 9.17) is 0 Å². The van der Waals surface area contributed by atoms with Gasteiger partial charge in [0.2, 0.25) is 5.91 Å². The van der Waals surface area contributed by atoms with Crippen molar-refractivity contribution in [3.05, 3.63) is 35.4 Å². The van der Waals surface area contributed by atoms with Crippen molar-refractivity contribution in [1.29, 1.82) is 0 Å². The van der Waals surface area contributed by atoms with E-state index in [0.29, 0.717) is 13.0 Å². The van der Waals surface area contributed by atoms with Crippen LogP contribution in [-0.4, -0.2) is 26.0 Å². The highest BCUT2D eigenvalue weighted by Gasteiger charge is 2.02. The summed E-state index contributed by atoms with van der Waals surface area (Å²) in [5, 5.41) is 5.88. The molecule has 1 amide bonds. The monoisotopic (exact) mass is 248 g/mol. The fourth-order valence-electron chi connectivity index (χ4n) is 1.78. The van der Waals surface area contributed by atoms with Gasteiger partial charge in [-0.15, -0.1) is 0 Å². The number of carbonyl (C=O) groups excluding carboxylic acids is 1. The zero-order chi connectivity index (χ0) is 13.2. The van der Waals surface area contributed by atoms with E-state index < -0.39 is 0 Å². The fraction of sp³-hybridized carbons (Fsp3) is 0.533. The summed E-state index contributed by atoms with van der Waals surface area (Å²) in [6, 6.07) is 8.38. The van der Waals surface area contributed by atoms with Crippen molar-refractivity contribution in [2.75, 3.05) is 20.1 Å². The van der Waals surface area contributed by atoms with E-state index in [2.05, 4.69) is 41.8 Å². The molecule has 18 heavy (non-hydrogen) atoms. The third-order valence-corrected chi connectivity index (χ3v) is 2.90. The van der Waals surface area contributed by atoms with Gasteiger partial charge in [0.05, 0.1) is 6.42 Å². The van der Waals surface area contributed by atoms with Crippen molar-refractivity contribution >= 4 is 5.91 Å². The van der Waals surface area contributed by atoms with Crippen LogP contribution in [0, 0.1) is 0 Å². The molecule has 0 aliphatic heterocycles. The molecule has 100 valence electrons. The molecule has 0 aromatic heterocycles. The second-order valence-electron chi connectivity index (χ2n) is 4.55. The Bertz CT molecular complexity index is 346. The van der Waals surface area contributed by atoms with Gasteiger partial charge in [-0.05, 0) is 31.0 Å². The molecule has 0 atom stereocenters. The number of hydrogen-bond donors (Lipinski definition) is 2. The lowest BCUT2D eigenvalue weighted by Gasteiger charge is -2.06. The molecule has 1 rings (SSSR count). The van der Waals surface area contributed by atoms with E-state index in [-0.39, 0.29) is 5.91 Å². The van der Waals surface area contributed by atoms with Crippen molar-refractivity contribution in [3.8, 4) is 0 Å². The molecule has 0 unspecified atom stereocenters. The minimum atomic E-state index is 0.0894. The standard InChI is InChI=1S/C15H24N2O/c1-3-4-5-13-6-8-14(9-7-13)12-15(18)17-11-10-16-2/h6-9,16H,3-5,10-12H2,1-2H3,(H,17,18). The van der Waals surface area contributed by atoms with Crippen molar-refractivity contribution in [2.24, 2.45) is 0 Å². The summed E-state index contributed by atoms with van der Waals surface area (Å²) in [6.07, 6.45) is 4.04. The third kappa shape index (κ3) is 5.82. The molecule has 0 heterocycles. The van der Waals surface area contributed by atoms with Crippen LogP contribution in [0.25, 0.3) is 0 Å². The van der Waals surface area contributed by atoms with Crippen molar-refractivity contribution in [1.82, 2.24) is 10.6 Å². The van der Waals surface area contributed by atoms with Crippen LogP contribution in [-0.2, 0) is 17.6 Å². The summed E-state index contributed by atoms with van der Waals surface area (Å²) in [6.45, 7) is 3.69. The molecule has 3 heteroatoms. The molecule has 0 fully saturated rings. The number of hydrogen-bond acceptors (Lipinski definition) is 2. The summed E-state index contributed by atoms with van der Waals surface area (Å²) < 4.78 is 0. The van der Waals surface area contributed by atoms with Crippen molar-refractivity contribution in [2.45, 2.75) is 32.6 Å². The molecule has 0 radical (unpaired) electrons.